The summed E-state index contributed by atoms with van der Waals surface area (Å²) in [7, 11) is 0. The topological polar surface area (TPSA) is 76.8 Å². The van der Waals surface area contributed by atoms with Crippen molar-refractivity contribution in [3.05, 3.63) is 59.1 Å². The van der Waals surface area contributed by atoms with Gasteiger partial charge in [0, 0.05) is 16.1 Å². The molecule has 2 aromatic carbocycles. The van der Waals surface area contributed by atoms with Gasteiger partial charge in [-0.15, -0.1) is 5.10 Å². The van der Waals surface area contributed by atoms with Gasteiger partial charge in [-0.3, -0.25) is 0 Å². The molecule has 96 valence electrons. The zero-order valence-electron chi connectivity index (χ0n) is 10.1. The Morgan fingerprint density at radius 1 is 0.947 bits per heavy atom. The van der Waals surface area contributed by atoms with Crippen LogP contribution in [-0.4, -0.2) is 12.2 Å². The van der Waals surface area contributed by atoms with Crippen LogP contribution >= 0.6 is 11.6 Å². The first-order chi connectivity index (χ1) is 9.18. The Labute approximate surface area is 116 Å². The maximum atomic E-state index is 6.20. The molecule has 0 heterocycles. The van der Waals surface area contributed by atoms with E-state index in [1.165, 1.54) is 0 Å². The highest BCUT2D eigenvalue weighted by Gasteiger charge is 2.05. The molecule has 0 saturated carbocycles. The lowest BCUT2D eigenvalue weighted by molar-refractivity contribution is 1.21. The summed E-state index contributed by atoms with van der Waals surface area (Å²) in [6.07, 6.45) is 1.60. The van der Waals surface area contributed by atoms with Crippen molar-refractivity contribution >= 4 is 23.8 Å². The molecule has 0 saturated heterocycles. The maximum absolute atomic E-state index is 6.20. The summed E-state index contributed by atoms with van der Waals surface area (Å²) in [5.41, 5.74) is 13.3. The maximum Gasteiger partial charge on any atom is 0.211 e. The van der Waals surface area contributed by atoms with Crippen molar-refractivity contribution in [2.24, 2.45) is 21.7 Å². The average Bonchev–Trinajstić information content (AvgIpc) is 2.40. The number of hydrogen-bond acceptors (Lipinski definition) is 2. The largest absolute Gasteiger partial charge is 0.369 e. The number of benzene rings is 2. The molecule has 0 aliphatic rings. The van der Waals surface area contributed by atoms with Crippen molar-refractivity contribution in [1.29, 1.82) is 0 Å². The fourth-order valence-electron chi connectivity index (χ4n) is 1.69. The molecule has 19 heavy (non-hydrogen) atoms. The van der Waals surface area contributed by atoms with E-state index in [1.807, 2.05) is 48.5 Å². The third kappa shape index (κ3) is 3.33. The van der Waals surface area contributed by atoms with Gasteiger partial charge in [0.1, 0.15) is 0 Å². The number of halogens is 1. The first-order valence-electron chi connectivity index (χ1n) is 5.64. The summed E-state index contributed by atoms with van der Waals surface area (Å²) in [6.45, 7) is 0. The van der Waals surface area contributed by atoms with Crippen LogP contribution in [0, 0.1) is 0 Å². The van der Waals surface area contributed by atoms with Gasteiger partial charge < -0.3 is 11.5 Å². The summed E-state index contributed by atoms with van der Waals surface area (Å²) < 4.78 is 0. The highest BCUT2D eigenvalue weighted by atomic mass is 35.5. The van der Waals surface area contributed by atoms with E-state index < -0.39 is 0 Å². The van der Waals surface area contributed by atoms with E-state index in [4.69, 9.17) is 23.1 Å². The molecule has 0 atom stereocenters. The molecule has 0 unspecified atom stereocenters. The van der Waals surface area contributed by atoms with Crippen molar-refractivity contribution in [2.45, 2.75) is 0 Å². The van der Waals surface area contributed by atoms with E-state index in [9.17, 15) is 0 Å². The second kappa shape index (κ2) is 6.02. The minimum absolute atomic E-state index is 0.0773. The van der Waals surface area contributed by atoms with Gasteiger partial charge in [0.25, 0.3) is 0 Å². The minimum atomic E-state index is -0.0773. The highest BCUT2D eigenvalue weighted by Crippen LogP contribution is 2.29. The molecule has 2 rings (SSSR count). The number of rotatable bonds is 3. The van der Waals surface area contributed by atoms with Crippen LogP contribution in [0.4, 0.5) is 0 Å². The molecule has 4 N–H and O–H groups in total. The number of guanidine groups is 1. The van der Waals surface area contributed by atoms with Crippen LogP contribution in [0.3, 0.4) is 0 Å². The smallest absolute Gasteiger partial charge is 0.211 e. The lowest BCUT2D eigenvalue weighted by Crippen LogP contribution is -2.21. The van der Waals surface area contributed by atoms with Crippen LogP contribution < -0.4 is 11.5 Å². The van der Waals surface area contributed by atoms with Crippen LogP contribution in [-0.2, 0) is 0 Å². The van der Waals surface area contributed by atoms with Gasteiger partial charge in [0.05, 0.1) is 6.21 Å². The monoisotopic (exact) mass is 272 g/mol. The fourth-order valence-corrected chi connectivity index (χ4v) is 1.93. The van der Waals surface area contributed by atoms with Crippen molar-refractivity contribution in [2.75, 3.05) is 0 Å². The molecule has 0 bridgehead atoms. The number of nitrogens with zero attached hydrogens (tertiary/aromatic N) is 2. The molecular formula is C14H13ClN4. The zero-order valence-corrected chi connectivity index (χ0v) is 10.9. The van der Waals surface area contributed by atoms with E-state index in [0.717, 1.165) is 16.7 Å². The molecule has 0 aliphatic heterocycles. The number of nitrogens with two attached hydrogens (primary N) is 2. The first-order valence-corrected chi connectivity index (χ1v) is 6.02. The SMILES string of the molecule is NC(N)=NN=Cc1ccccc1-c1ccccc1Cl. The summed E-state index contributed by atoms with van der Waals surface area (Å²) >= 11 is 6.20. The van der Waals surface area contributed by atoms with Crippen molar-refractivity contribution in [1.82, 2.24) is 0 Å². The normalized spacial score (nSPS) is 10.6. The van der Waals surface area contributed by atoms with Crippen molar-refractivity contribution < 1.29 is 0 Å². The molecule has 0 radical (unpaired) electrons. The molecular weight excluding hydrogens is 260 g/mol. The van der Waals surface area contributed by atoms with Crippen LogP contribution in [0.5, 0.6) is 0 Å². The molecule has 0 aromatic heterocycles. The van der Waals surface area contributed by atoms with E-state index in [2.05, 4.69) is 10.2 Å². The molecule has 0 fully saturated rings. The Balaban J connectivity index is 2.45. The molecule has 2 aromatic rings. The molecule has 0 amide bonds. The van der Waals surface area contributed by atoms with Gasteiger partial charge in [-0.05, 0) is 11.6 Å². The van der Waals surface area contributed by atoms with E-state index in [1.54, 1.807) is 6.21 Å². The number of hydrogen-bond donors (Lipinski definition) is 2. The predicted octanol–water partition coefficient (Wildman–Crippen LogP) is 2.61. The van der Waals surface area contributed by atoms with Gasteiger partial charge in [-0.2, -0.15) is 5.10 Å². The Bertz CT molecular complexity index is 631. The third-order valence-electron chi connectivity index (χ3n) is 2.49. The second-order valence-electron chi connectivity index (χ2n) is 3.84. The minimum Gasteiger partial charge on any atom is -0.369 e. The van der Waals surface area contributed by atoms with Crippen LogP contribution in [0.2, 0.25) is 5.02 Å². The van der Waals surface area contributed by atoms with Crippen LogP contribution in [0.25, 0.3) is 11.1 Å². The standard InChI is InChI=1S/C14H13ClN4/c15-13-8-4-3-7-12(13)11-6-2-1-5-10(11)9-18-19-14(16)17/h1-9H,(H4,16,17,19). The van der Waals surface area contributed by atoms with E-state index in [0.29, 0.717) is 5.02 Å². The molecule has 0 spiro atoms. The Kier molecular flexibility index (Phi) is 4.15. The van der Waals surface area contributed by atoms with Gasteiger partial charge in [-0.25, -0.2) is 0 Å². The zero-order chi connectivity index (χ0) is 13.7. The Morgan fingerprint density at radius 3 is 2.26 bits per heavy atom. The predicted molar refractivity (Wildman–Crippen MR) is 80.3 cm³/mol. The summed E-state index contributed by atoms with van der Waals surface area (Å²) in [5.74, 6) is -0.0773. The first kappa shape index (κ1) is 13.1. The summed E-state index contributed by atoms with van der Waals surface area (Å²) in [5, 5.41) is 8.10. The Hall–Kier alpha value is -2.33. The van der Waals surface area contributed by atoms with Gasteiger partial charge in [0.15, 0.2) is 0 Å². The quantitative estimate of drug-likeness (QED) is 0.512. The molecule has 4 nitrogen and oxygen atoms in total. The molecule has 5 heteroatoms. The summed E-state index contributed by atoms with van der Waals surface area (Å²) in [4.78, 5) is 0. The average molecular weight is 273 g/mol. The van der Waals surface area contributed by atoms with E-state index >= 15 is 0 Å². The molecule has 0 aliphatic carbocycles. The van der Waals surface area contributed by atoms with Crippen LogP contribution in [0.15, 0.2) is 58.7 Å². The fraction of sp³-hybridized carbons (Fsp3) is 0. The van der Waals surface area contributed by atoms with Crippen molar-refractivity contribution in [3.8, 4) is 11.1 Å². The summed E-state index contributed by atoms with van der Waals surface area (Å²) in [6, 6.07) is 15.4. The second-order valence-corrected chi connectivity index (χ2v) is 4.24. The van der Waals surface area contributed by atoms with Gasteiger partial charge in [0.2, 0.25) is 5.96 Å². The van der Waals surface area contributed by atoms with Crippen LogP contribution in [0.1, 0.15) is 5.56 Å². The lowest BCUT2D eigenvalue weighted by atomic mass is 10.0. The van der Waals surface area contributed by atoms with Gasteiger partial charge >= 0.3 is 0 Å². The Morgan fingerprint density at radius 2 is 1.58 bits per heavy atom. The van der Waals surface area contributed by atoms with Gasteiger partial charge in [-0.1, -0.05) is 54.1 Å². The highest BCUT2D eigenvalue weighted by molar-refractivity contribution is 6.33. The van der Waals surface area contributed by atoms with E-state index in [-0.39, 0.29) is 5.96 Å². The third-order valence-corrected chi connectivity index (χ3v) is 2.82. The van der Waals surface area contributed by atoms with Crippen molar-refractivity contribution in [3.63, 3.8) is 0 Å². The lowest BCUT2D eigenvalue weighted by Gasteiger charge is -2.07.